The van der Waals surface area contributed by atoms with Crippen molar-refractivity contribution in [2.45, 2.75) is 30.9 Å². The second kappa shape index (κ2) is 2.79. The van der Waals surface area contributed by atoms with Crippen LogP contribution in [-0.2, 0) is 4.87 Å². The molecule has 1 atom stereocenters. The Morgan fingerprint density at radius 2 is 2.07 bits per heavy atom. The van der Waals surface area contributed by atoms with Crippen molar-refractivity contribution < 1.29 is 0 Å². The van der Waals surface area contributed by atoms with Gasteiger partial charge in [-0.05, 0) is 32.9 Å². The molecule has 15 heavy (non-hydrogen) atoms. The minimum absolute atomic E-state index is 0.130. The lowest BCUT2D eigenvalue weighted by Gasteiger charge is -2.20. The van der Waals surface area contributed by atoms with Gasteiger partial charge in [0.1, 0.15) is 5.82 Å². The van der Waals surface area contributed by atoms with E-state index in [1.54, 1.807) is 0 Å². The van der Waals surface area contributed by atoms with Gasteiger partial charge in [0.05, 0.1) is 21.2 Å². The molecule has 1 aromatic carbocycles. The smallest absolute Gasteiger partial charge is 0.124 e. The number of rotatable bonds is 0. The van der Waals surface area contributed by atoms with Gasteiger partial charge in [0, 0.05) is 0 Å². The summed E-state index contributed by atoms with van der Waals surface area (Å²) in [6, 6.07) is 8.39. The minimum Gasteiger partial charge on any atom is -0.312 e. The predicted molar refractivity (Wildman–Crippen MR) is 65.1 cm³/mol. The fourth-order valence-electron chi connectivity index (χ4n) is 2.42. The molecule has 3 rings (SSSR count). The second-order valence-electron chi connectivity index (χ2n) is 4.50. The molecule has 1 aliphatic rings. The fraction of sp³-hybridized carbons (Fsp3) is 0.417. The third kappa shape index (κ3) is 1.16. The van der Waals surface area contributed by atoms with Crippen LogP contribution in [0.4, 0.5) is 0 Å². The standard InChI is InChI=1S/C12H14N2S/c1-8-11-13-9-6-4-5-7-10(9)14(11)12(2,3)15-8/h4-8H,1-3H3. The maximum atomic E-state index is 4.71. The highest BCUT2D eigenvalue weighted by atomic mass is 32.2. The Morgan fingerprint density at radius 1 is 1.33 bits per heavy atom. The SMILES string of the molecule is CC1SC(C)(C)n2c1nc1ccccc12. The first-order valence-electron chi connectivity index (χ1n) is 5.25. The lowest BCUT2D eigenvalue weighted by atomic mass is 10.3. The molecular formula is C12H14N2S. The number of benzene rings is 1. The van der Waals surface area contributed by atoms with Crippen LogP contribution in [0.3, 0.4) is 0 Å². The van der Waals surface area contributed by atoms with Crippen LogP contribution in [0.2, 0.25) is 0 Å². The summed E-state index contributed by atoms with van der Waals surface area (Å²) < 4.78 is 2.37. The van der Waals surface area contributed by atoms with Crippen LogP contribution in [0.1, 0.15) is 31.8 Å². The number of imidazole rings is 1. The summed E-state index contributed by atoms with van der Waals surface area (Å²) in [7, 11) is 0. The van der Waals surface area contributed by atoms with Crippen molar-refractivity contribution in [3.05, 3.63) is 30.1 Å². The van der Waals surface area contributed by atoms with E-state index in [1.165, 1.54) is 11.3 Å². The van der Waals surface area contributed by atoms with Crippen LogP contribution in [0, 0.1) is 0 Å². The van der Waals surface area contributed by atoms with Gasteiger partial charge < -0.3 is 4.57 Å². The average Bonchev–Trinajstić information content (AvgIpc) is 2.64. The topological polar surface area (TPSA) is 17.8 Å². The molecule has 2 nitrogen and oxygen atoms in total. The Labute approximate surface area is 93.7 Å². The molecule has 0 aliphatic carbocycles. The van der Waals surface area contributed by atoms with Crippen molar-refractivity contribution in [1.82, 2.24) is 9.55 Å². The van der Waals surface area contributed by atoms with E-state index in [2.05, 4.69) is 49.6 Å². The van der Waals surface area contributed by atoms with E-state index in [0.717, 1.165) is 5.52 Å². The lowest BCUT2D eigenvalue weighted by Crippen LogP contribution is -2.17. The zero-order valence-corrected chi connectivity index (χ0v) is 10.0. The summed E-state index contributed by atoms with van der Waals surface area (Å²) in [6.07, 6.45) is 0. The number of thioether (sulfide) groups is 1. The van der Waals surface area contributed by atoms with Crippen molar-refractivity contribution in [1.29, 1.82) is 0 Å². The van der Waals surface area contributed by atoms with Crippen LogP contribution in [0.5, 0.6) is 0 Å². The Hall–Kier alpha value is -0.960. The Bertz CT molecular complexity index is 527. The minimum atomic E-state index is 0.130. The number of fused-ring (bicyclic) bond motifs is 3. The summed E-state index contributed by atoms with van der Waals surface area (Å²) in [4.78, 5) is 4.84. The molecule has 2 heterocycles. The van der Waals surface area contributed by atoms with E-state index in [0.29, 0.717) is 5.25 Å². The molecule has 0 fully saturated rings. The van der Waals surface area contributed by atoms with Gasteiger partial charge in [0.15, 0.2) is 0 Å². The summed E-state index contributed by atoms with van der Waals surface area (Å²) in [6.45, 7) is 6.76. The van der Waals surface area contributed by atoms with Gasteiger partial charge in [-0.25, -0.2) is 4.98 Å². The zero-order chi connectivity index (χ0) is 10.6. The average molecular weight is 218 g/mol. The van der Waals surface area contributed by atoms with Crippen LogP contribution in [0.25, 0.3) is 11.0 Å². The fourth-order valence-corrected chi connectivity index (χ4v) is 3.85. The molecule has 0 amide bonds. The highest BCUT2D eigenvalue weighted by Crippen LogP contribution is 2.50. The number of para-hydroxylation sites is 2. The molecule has 0 radical (unpaired) electrons. The van der Waals surface area contributed by atoms with E-state index in [4.69, 9.17) is 4.98 Å². The molecule has 1 unspecified atom stereocenters. The van der Waals surface area contributed by atoms with Crippen molar-refractivity contribution in [3.63, 3.8) is 0 Å². The van der Waals surface area contributed by atoms with Gasteiger partial charge in [0.2, 0.25) is 0 Å². The summed E-state index contributed by atoms with van der Waals surface area (Å²) in [5.74, 6) is 1.21. The van der Waals surface area contributed by atoms with Crippen LogP contribution < -0.4 is 0 Å². The van der Waals surface area contributed by atoms with Gasteiger partial charge in [0.25, 0.3) is 0 Å². The number of aromatic nitrogens is 2. The van der Waals surface area contributed by atoms with Gasteiger partial charge in [-0.1, -0.05) is 12.1 Å². The van der Waals surface area contributed by atoms with E-state index in [9.17, 15) is 0 Å². The Kier molecular flexibility index (Phi) is 1.72. The first-order valence-corrected chi connectivity index (χ1v) is 6.13. The van der Waals surface area contributed by atoms with Crippen LogP contribution in [0.15, 0.2) is 24.3 Å². The second-order valence-corrected chi connectivity index (χ2v) is 6.44. The first-order chi connectivity index (χ1) is 7.09. The molecule has 0 saturated heterocycles. The monoisotopic (exact) mass is 218 g/mol. The molecule has 1 aliphatic heterocycles. The maximum absolute atomic E-state index is 4.71. The molecule has 0 N–H and O–H groups in total. The number of hydrogen-bond acceptors (Lipinski definition) is 2. The molecule has 0 saturated carbocycles. The summed E-state index contributed by atoms with van der Waals surface area (Å²) >= 11 is 1.97. The highest BCUT2D eigenvalue weighted by molar-refractivity contribution is 8.00. The quantitative estimate of drug-likeness (QED) is 0.673. The highest BCUT2D eigenvalue weighted by Gasteiger charge is 2.37. The molecule has 0 bridgehead atoms. The van der Waals surface area contributed by atoms with Crippen molar-refractivity contribution in [2.75, 3.05) is 0 Å². The Morgan fingerprint density at radius 3 is 2.87 bits per heavy atom. The molecule has 78 valence electrons. The predicted octanol–water partition coefficient (Wildman–Crippen LogP) is 3.54. The largest absolute Gasteiger partial charge is 0.312 e. The molecular weight excluding hydrogens is 204 g/mol. The van der Waals surface area contributed by atoms with Gasteiger partial charge >= 0.3 is 0 Å². The van der Waals surface area contributed by atoms with E-state index < -0.39 is 0 Å². The van der Waals surface area contributed by atoms with Crippen molar-refractivity contribution >= 4 is 22.8 Å². The Balaban J connectivity index is 2.40. The summed E-state index contributed by atoms with van der Waals surface area (Å²) in [5, 5.41) is 0.493. The van der Waals surface area contributed by atoms with E-state index in [1.807, 2.05) is 11.8 Å². The summed E-state index contributed by atoms with van der Waals surface area (Å²) in [5.41, 5.74) is 2.38. The van der Waals surface area contributed by atoms with E-state index >= 15 is 0 Å². The van der Waals surface area contributed by atoms with Crippen LogP contribution in [-0.4, -0.2) is 9.55 Å². The molecule has 0 spiro atoms. The molecule has 3 heteroatoms. The third-order valence-electron chi connectivity index (χ3n) is 2.95. The van der Waals surface area contributed by atoms with Gasteiger partial charge in [-0.2, -0.15) is 0 Å². The third-order valence-corrected chi connectivity index (χ3v) is 4.28. The lowest BCUT2D eigenvalue weighted by molar-refractivity contribution is 0.556. The van der Waals surface area contributed by atoms with E-state index in [-0.39, 0.29) is 4.87 Å². The van der Waals surface area contributed by atoms with Crippen molar-refractivity contribution in [2.24, 2.45) is 0 Å². The zero-order valence-electron chi connectivity index (χ0n) is 9.19. The molecule has 1 aromatic heterocycles. The normalized spacial score (nSPS) is 23.3. The van der Waals surface area contributed by atoms with Gasteiger partial charge in [-0.15, -0.1) is 11.8 Å². The maximum Gasteiger partial charge on any atom is 0.124 e. The van der Waals surface area contributed by atoms with Crippen molar-refractivity contribution in [3.8, 4) is 0 Å². The van der Waals surface area contributed by atoms with Crippen LogP contribution >= 0.6 is 11.8 Å². The number of hydrogen-bond donors (Lipinski definition) is 0. The first kappa shape index (κ1) is 9.28. The molecule has 2 aromatic rings. The van der Waals surface area contributed by atoms with Gasteiger partial charge in [-0.3, -0.25) is 0 Å². The number of nitrogens with zero attached hydrogens (tertiary/aromatic N) is 2.